The summed E-state index contributed by atoms with van der Waals surface area (Å²) in [7, 11) is 0. The van der Waals surface area contributed by atoms with Gasteiger partial charge in [0.25, 0.3) is 0 Å². The highest BCUT2D eigenvalue weighted by Gasteiger charge is 2.19. The summed E-state index contributed by atoms with van der Waals surface area (Å²) < 4.78 is 0. The minimum absolute atomic E-state index is 0. The van der Waals surface area contributed by atoms with Crippen molar-refractivity contribution in [3.63, 3.8) is 0 Å². The van der Waals surface area contributed by atoms with Crippen molar-refractivity contribution >= 4 is 28.9 Å². The summed E-state index contributed by atoms with van der Waals surface area (Å²) in [5, 5.41) is 25.0. The van der Waals surface area contributed by atoms with Gasteiger partial charge in [-0.2, -0.15) is 0 Å². The maximum atomic E-state index is 11.4. The van der Waals surface area contributed by atoms with Crippen molar-refractivity contribution in [2.45, 2.75) is 50.6 Å². The topological polar surface area (TPSA) is 98.7 Å². The maximum absolute atomic E-state index is 11.4. The highest BCUT2D eigenvalue weighted by atomic mass is 79.9. The Morgan fingerprint density at radius 3 is 1.26 bits per heavy atom. The predicted molar refractivity (Wildman–Crippen MR) is 128 cm³/mol. The summed E-state index contributed by atoms with van der Waals surface area (Å²) in [4.78, 5) is 22.9. The number of halogens is 1. The molecule has 0 saturated carbocycles. The highest BCUT2D eigenvalue weighted by Crippen LogP contribution is 2.14. The molecule has 0 saturated heterocycles. The Morgan fingerprint density at radius 2 is 0.935 bits per heavy atom. The molecule has 0 aliphatic heterocycles. The largest absolute Gasteiger partial charge is 0.480 e. The number of carboxylic acid groups (broad SMARTS) is 2. The second kappa shape index (κ2) is 15.6. The van der Waals surface area contributed by atoms with E-state index in [1.807, 2.05) is 60.7 Å². The fraction of sp³-hybridized carbons (Fsp3) is 0.417. The smallest absolute Gasteiger partial charge is 0.325 e. The molecule has 0 radical (unpaired) electrons. The Hall–Kier alpha value is -2.22. The van der Waals surface area contributed by atoms with Crippen LogP contribution in [0.4, 0.5) is 0 Å². The van der Waals surface area contributed by atoms with E-state index in [0.29, 0.717) is 13.1 Å². The van der Waals surface area contributed by atoms with E-state index in [0.717, 1.165) is 49.7 Å². The van der Waals surface area contributed by atoms with Crippen molar-refractivity contribution in [1.82, 2.24) is 10.6 Å². The van der Waals surface area contributed by atoms with E-state index in [-0.39, 0.29) is 17.0 Å². The molecule has 0 aromatic heterocycles. The van der Waals surface area contributed by atoms with Gasteiger partial charge in [-0.05, 0) is 37.1 Å². The molecule has 6 nitrogen and oxygen atoms in total. The molecule has 2 aromatic rings. The van der Waals surface area contributed by atoms with Crippen molar-refractivity contribution in [2.24, 2.45) is 0 Å². The first kappa shape index (κ1) is 26.8. The van der Waals surface area contributed by atoms with Crippen LogP contribution in [0.2, 0.25) is 0 Å². The first-order valence-corrected chi connectivity index (χ1v) is 10.6. The van der Waals surface area contributed by atoms with Crippen LogP contribution in [0.3, 0.4) is 0 Å². The van der Waals surface area contributed by atoms with Crippen LogP contribution in [0.5, 0.6) is 0 Å². The Bertz CT molecular complexity index is 693. The quantitative estimate of drug-likeness (QED) is 0.268. The lowest BCUT2D eigenvalue weighted by Crippen LogP contribution is -2.29. The van der Waals surface area contributed by atoms with Crippen LogP contribution in [-0.4, -0.2) is 35.2 Å². The normalized spacial score (nSPS) is 12.5. The fourth-order valence-electron chi connectivity index (χ4n) is 3.44. The van der Waals surface area contributed by atoms with Crippen molar-refractivity contribution in [2.75, 3.05) is 13.1 Å². The van der Waals surface area contributed by atoms with Gasteiger partial charge in [-0.3, -0.25) is 9.59 Å². The van der Waals surface area contributed by atoms with E-state index >= 15 is 0 Å². The third-order valence-electron chi connectivity index (χ3n) is 5.06. The van der Waals surface area contributed by atoms with E-state index in [4.69, 9.17) is 0 Å². The molecular formula is C24H33BrN2O4. The average Bonchev–Trinajstić information content (AvgIpc) is 2.75. The van der Waals surface area contributed by atoms with Crippen molar-refractivity contribution in [3.05, 3.63) is 71.8 Å². The van der Waals surface area contributed by atoms with Crippen LogP contribution in [-0.2, 0) is 9.59 Å². The summed E-state index contributed by atoms with van der Waals surface area (Å²) in [5.41, 5.74) is 1.54. The number of hydrogen-bond acceptors (Lipinski definition) is 4. The average molecular weight is 493 g/mol. The van der Waals surface area contributed by atoms with Crippen molar-refractivity contribution < 1.29 is 19.8 Å². The zero-order chi connectivity index (χ0) is 21.6. The minimum atomic E-state index is -0.858. The van der Waals surface area contributed by atoms with Gasteiger partial charge in [-0.25, -0.2) is 0 Å². The number of rotatable bonds is 15. The Kier molecular flexibility index (Phi) is 13.5. The number of nitrogens with one attached hydrogen (secondary N) is 2. The molecule has 0 heterocycles. The molecule has 0 amide bonds. The molecule has 4 N–H and O–H groups in total. The lowest BCUT2D eigenvalue weighted by atomic mass is 10.1. The first-order chi connectivity index (χ1) is 14.6. The van der Waals surface area contributed by atoms with Crippen LogP contribution in [0.1, 0.15) is 61.7 Å². The summed E-state index contributed by atoms with van der Waals surface area (Å²) in [6, 6.07) is 17.1. The molecule has 31 heavy (non-hydrogen) atoms. The van der Waals surface area contributed by atoms with E-state index in [1.54, 1.807) is 0 Å². The molecule has 2 unspecified atom stereocenters. The van der Waals surface area contributed by atoms with Gasteiger partial charge in [0, 0.05) is 0 Å². The Balaban J connectivity index is 0.00000480. The van der Waals surface area contributed by atoms with Gasteiger partial charge in [-0.1, -0.05) is 86.3 Å². The van der Waals surface area contributed by atoms with E-state index in [9.17, 15) is 19.8 Å². The number of benzene rings is 2. The molecule has 2 aromatic carbocycles. The third kappa shape index (κ3) is 10.1. The maximum Gasteiger partial charge on any atom is 0.325 e. The molecule has 0 aliphatic rings. The lowest BCUT2D eigenvalue weighted by Gasteiger charge is -2.15. The molecule has 0 aliphatic carbocycles. The molecule has 0 bridgehead atoms. The fourth-order valence-corrected chi connectivity index (χ4v) is 3.44. The monoisotopic (exact) mass is 492 g/mol. The molecule has 170 valence electrons. The zero-order valence-corrected chi connectivity index (χ0v) is 19.4. The van der Waals surface area contributed by atoms with Crippen LogP contribution in [0.15, 0.2) is 60.7 Å². The van der Waals surface area contributed by atoms with Crippen LogP contribution >= 0.6 is 17.0 Å². The number of carboxylic acids is 2. The van der Waals surface area contributed by atoms with Gasteiger partial charge < -0.3 is 20.8 Å². The summed E-state index contributed by atoms with van der Waals surface area (Å²) in [5.74, 6) is -1.72. The highest BCUT2D eigenvalue weighted by molar-refractivity contribution is 8.93. The van der Waals surface area contributed by atoms with Gasteiger partial charge in [0.05, 0.1) is 0 Å². The zero-order valence-electron chi connectivity index (χ0n) is 17.7. The standard InChI is InChI=1S/C24H32N2O4.BrH/c27-23(28)21(19-13-7-5-8-14-19)25-17-11-3-1-2-4-12-18-26-22(24(29)30)20-15-9-6-10-16-20;/h5-10,13-16,21-22,25-26H,1-4,11-12,17-18H2,(H,27,28)(H,29,30);1H. The van der Waals surface area contributed by atoms with E-state index in [1.165, 1.54) is 0 Å². The van der Waals surface area contributed by atoms with Gasteiger partial charge in [0.1, 0.15) is 12.1 Å². The number of aliphatic carboxylic acids is 2. The Morgan fingerprint density at radius 1 is 0.613 bits per heavy atom. The second-order valence-electron chi connectivity index (χ2n) is 7.39. The summed E-state index contributed by atoms with van der Waals surface area (Å²) in [6.07, 6.45) is 6.14. The summed E-state index contributed by atoms with van der Waals surface area (Å²) >= 11 is 0. The SMILES string of the molecule is Br.O=C(O)C(NCCCCCCCCNC(C(=O)O)c1ccccc1)c1ccccc1. The summed E-state index contributed by atoms with van der Waals surface area (Å²) in [6.45, 7) is 1.34. The second-order valence-corrected chi connectivity index (χ2v) is 7.39. The molecule has 2 rings (SSSR count). The Labute approximate surface area is 194 Å². The van der Waals surface area contributed by atoms with Crippen LogP contribution in [0, 0.1) is 0 Å². The van der Waals surface area contributed by atoms with Gasteiger partial charge in [0.15, 0.2) is 0 Å². The van der Waals surface area contributed by atoms with Gasteiger partial charge in [-0.15, -0.1) is 17.0 Å². The van der Waals surface area contributed by atoms with Crippen LogP contribution in [0.25, 0.3) is 0 Å². The van der Waals surface area contributed by atoms with Gasteiger partial charge >= 0.3 is 11.9 Å². The predicted octanol–water partition coefficient (Wildman–Crippen LogP) is 4.74. The molecule has 7 heteroatoms. The van der Waals surface area contributed by atoms with Crippen LogP contribution < -0.4 is 10.6 Å². The molecule has 0 spiro atoms. The molecule has 0 fully saturated rings. The first-order valence-electron chi connectivity index (χ1n) is 10.6. The number of unbranched alkanes of at least 4 members (excludes halogenated alkanes) is 5. The third-order valence-corrected chi connectivity index (χ3v) is 5.06. The van der Waals surface area contributed by atoms with Gasteiger partial charge in [0.2, 0.25) is 0 Å². The minimum Gasteiger partial charge on any atom is -0.480 e. The number of hydrogen-bond donors (Lipinski definition) is 4. The van der Waals surface area contributed by atoms with E-state index in [2.05, 4.69) is 10.6 Å². The van der Waals surface area contributed by atoms with Crippen molar-refractivity contribution in [1.29, 1.82) is 0 Å². The van der Waals surface area contributed by atoms with Crippen molar-refractivity contribution in [3.8, 4) is 0 Å². The number of carbonyl (C=O) groups is 2. The molecule has 2 atom stereocenters. The van der Waals surface area contributed by atoms with E-state index < -0.39 is 24.0 Å². The molecular weight excluding hydrogens is 460 g/mol. The lowest BCUT2D eigenvalue weighted by molar-refractivity contribution is -0.140.